The van der Waals surface area contributed by atoms with Crippen molar-refractivity contribution in [3.63, 3.8) is 0 Å². The van der Waals surface area contributed by atoms with E-state index in [1.165, 1.54) is 40.8 Å². The van der Waals surface area contributed by atoms with Crippen molar-refractivity contribution in [2.75, 3.05) is 38.1 Å². The molecule has 1 aliphatic carbocycles. The second kappa shape index (κ2) is 10.7. The maximum Gasteiger partial charge on any atom is 0.0684 e. The summed E-state index contributed by atoms with van der Waals surface area (Å²) in [5, 5.41) is 10.3. The lowest BCUT2D eigenvalue weighted by molar-refractivity contribution is 0.277. The number of fused-ring (bicyclic) bond motifs is 1. The van der Waals surface area contributed by atoms with Crippen molar-refractivity contribution in [2.24, 2.45) is 0 Å². The van der Waals surface area contributed by atoms with Gasteiger partial charge < -0.3 is 21.1 Å². The van der Waals surface area contributed by atoms with Crippen molar-refractivity contribution in [2.45, 2.75) is 44.1 Å². The minimum atomic E-state index is 0. The van der Waals surface area contributed by atoms with Crippen LogP contribution in [0.1, 0.15) is 40.7 Å². The zero-order valence-electron chi connectivity index (χ0n) is 20.5. The topological polar surface area (TPSA) is 61.7 Å². The summed E-state index contributed by atoms with van der Waals surface area (Å²) in [6, 6.07) is 26.5. The molecule has 0 spiro atoms. The fraction of sp³-hybridized carbons (Fsp3) is 0.400. The van der Waals surface area contributed by atoms with E-state index in [-0.39, 0.29) is 18.2 Å². The van der Waals surface area contributed by atoms with Gasteiger partial charge in [0, 0.05) is 37.3 Å². The van der Waals surface area contributed by atoms with E-state index in [9.17, 15) is 5.11 Å². The second-order valence-corrected chi connectivity index (χ2v) is 10.0. The van der Waals surface area contributed by atoms with Crippen molar-refractivity contribution in [1.29, 1.82) is 0 Å². The lowest BCUT2D eigenvalue weighted by atomic mass is 9.62. The molecule has 0 amide bonds. The third kappa shape index (κ3) is 4.90. The fourth-order valence-electron chi connectivity index (χ4n) is 6.13. The Kier molecular flexibility index (Phi) is 7.72. The number of likely N-dealkylation sites (N-methyl/N-ethyl adjacent to an activating group) is 1. The van der Waals surface area contributed by atoms with Gasteiger partial charge >= 0.3 is 0 Å². The molecule has 0 saturated carbocycles. The van der Waals surface area contributed by atoms with Gasteiger partial charge in [-0.05, 0) is 73.0 Å². The Bertz CT molecular complexity index is 1020. The fourth-order valence-corrected chi connectivity index (χ4v) is 6.13. The quantitative estimate of drug-likeness (QED) is 0.537. The number of hydrogen-bond donors (Lipinski definition) is 2. The van der Waals surface area contributed by atoms with Crippen LogP contribution >= 0.6 is 0 Å². The van der Waals surface area contributed by atoms with Gasteiger partial charge in [0.05, 0.1) is 6.61 Å². The first-order chi connectivity index (χ1) is 16.2. The summed E-state index contributed by atoms with van der Waals surface area (Å²) in [5.74, 6) is 0. The summed E-state index contributed by atoms with van der Waals surface area (Å²) in [6.45, 7) is 4.45. The van der Waals surface area contributed by atoms with Crippen molar-refractivity contribution in [3.8, 4) is 0 Å². The van der Waals surface area contributed by atoms with Gasteiger partial charge in [-0.1, -0.05) is 66.7 Å². The molecular weight excluding hydrogens is 418 g/mol. The van der Waals surface area contributed by atoms with E-state index in [0.717, 1.165) is 51.0 Å². The second-order valence-electron chi connectivity index (χ2n) is 10.0. The molecule has 0 atom stereocenters. The predicted molar refractivity (Wildman–Crippen MR) is 142 cm³/mol. The number of hydrogen-bond acceptors (Lipinski definition) is 4. The van der Waals surface area contributed by atoms with Gasteiger partial charge in [-0.3, -0.25) is 0 Å². The molecule has 1 heterocycles. The van der Waals surface area contributed by atoms with E-state index in [2.05, 4.69) is 89.6 Å². The smallest absolute Gasteiger partial charge is 0.0684 e. The van der Waals surface area contributed by atoms with Crippen LogP contribution in [0, 0.1) is 0 Å². The Morgan fingerprint density at radius 3 is 1.94 bits per heavy atom. The molecule has 34 heavy (non-hydrogen) atoms. The van der Waals surface area contributed by atoms with Crippen LogP contribution < -0.4 is 11.1 Å². The molecule has 4 heteroatoms. The van der Waals surface area contributed by atoms with Crippen molar-refractivity contribution < 1.29 is 5.11 Å². The van der Waals surface area contributed by atoms with Crippen molar-refractivity contribution in [1.82, 2.24) is 11.1 Å². The minimum absolute atomic E-state index is 0. The molecule has 0 aromatic heterocycles. The summed E-state index contributed by atoms with van der Waals surface area (Å²) in [6.07, 6.45) is 5.49. The van der Waals surface area contributed by atoms with Crippen molar-refractivity contribution >= 4 is 5.69 Å². The Morgan fingerprint density at radius 2 is 1.38 bits per heavy atom. The predicted octanol–water partition coefficient (Wildman–Crippen LogP) is 5.15. The first-order valence-corrected chi connectivity index (χ1v) is 12.5. The third-order valence-corrected chi connectivity index (χ3v) is 7.79. The zero-order chi connectivity index (χ0) is 22.7. The molecule has 2 aliphatic rings. The molecule has 4 nitrogen and oxygen atoms in total. The number of anilines is 1. The Morgan fingerprint density at radius 1 is 0.794 bits per heavy atom. The summed E-state index contributed by atoms with van der Waals surface area (Å²) >= 11 is 0. The van der Waals surface area contributed by atoms with E-state index >= 15 is 0 Å². The van der Waals surface area contributed by atoms with E-state index < -0.39 is 0 Å². The molecule has 1 saturated heterocycles. The highest BCUT2D eigenvalue weighted by Gasteiger charge is 2.40. The molecule has 0 unspecified atom stereocenters. The molecular formula is C30H39N3O. The average Bonchev–Trinajstić information content (AvgIpc) is 2.85. The van der Waals surface area contributed by atoms with Crippen LogP contribution in [0.3, 0.4) is 0 Å². The number of rotatable bonds is 6. The zero-order valence-corrected chi connectivity index (χ0v) is 20.5. The molecule has 5 rings (SSSR count). The summed E-state index contributed by atoms with van der Waals surface area (Å²) in [4.78, 5) is 5.03. The third-order valence-electron chi connectivity index (χ3n) is 7.79. The molecule has 0 bridgehead atoms. The number of aliphatic hydroxyl groups is 1. The highest BCUT2D eigenvalue weighted by Crippen LogP contribution is 2.48. The lowest BCUT2D eigenvalue weighted by Crippen LogP contribution is -2.46. The maximum atomic E-state index is 10.3. The van der Waals surface area contributed by atoms with Crippen LogP contribution in [-0.2, 0) is 31.3 Å². The van der Waals surface area contributed by atoms with Crippen LogP contribution in [0.4, 0.5) is 5.69 Å². The standard InChI is InChI=1S/C30H36N2O.H3N/c1-31-17-19-32(20-18-31)28-15-14-26(23-33)27-13-8-16-30(29(27)28,21-24-9-4-2-5-10-24)22-25-11-6-3-7-12-25;/h2-7,9-12,14-15,33H,8,13,16-23H2,1H3;1H3. The average molecular weight is 458 g/mol. The van der Waals surface area contributed by atoms with E-state index in [0.29, 0.717) is 0 Å². The Hall–Kier alpha value is -2.66. The van der Waals surface area contributed by atoms with Crippen LogP contribution in [0.2, 0.25) is 0 Å². The van der Waals surface area contributed by atoms with Gasteiger partial charge in [-0.2, -0.15) is 0 Å². The van der Waals surface area contributed by atoms with E-state index in [4.69, 9.17) is 0 Å². The van der Waals surface area contributed by atoms with Gasteiger partial charge in [0.15, 0.2) is 0 Å². The Balaban J connectivity index is 0.00000274. The monoisotopic (exact) mass is 457 g/mol. The molecule has 3 aromatic carbocycles. The molecule has 4 N–H and O–H groups in total. The summed E-state index contributed by atoms with van der Waals surface area (Å²) in [5.41, 5.74) is 8.28. The highest BCUT2D eigenvalue weighted by molar-refractivity contribution is 5.64. The van der Waals surface area contributed by atoms with Gasteiger partial charge in [0.1, 0.15) is 0 Å². The van der Waals surface area contributed by atoms with Gasteiger partial charge in [-0.15, -0.1) is 0 Å². The molecule has 3 aromatic rings. The van der Waals surface area contributed by atoms with E-state index in [1.807, 2.05) is 0 Å². The lowest BCUT2D eigenvalue weighted by Gasteiger charge is -2.45. The highest BCUT2D eigenvalue weighted by atomic mass is 16.3. The first kappa shape index (κ1) is 24.5. The molecule has 1 aliphatic heterocycles. The number of nitrogens with zero attached hydrogens (tertiary/aromatic N) is 2. The van der Waals surface area contributed by atoms with Gasteiger partial charge in [0.25, 0.3) is 0 Å². The summed E-state index contributed by atoms with van der Waals surface area (Å²) < 4.78 is 0. The Labute approximate surface area is 204 Å². The summed E-state index contributed by atoms with van der Waals surface area (Å²) in [7, 11) is 2.22. The number of benzene rings is 3. The van der Waals surface area contributed by atoms with Crippen molar-refractivity contribution in [3.05, 3.63) is 101 Å². The molecule has 0 radical (unpaired) electrons. The number of piperazine rings is 1. The molecule has 180 valence electrons. The minimum Gasteiger partial charge on any atom is -0.392 e. The van der Waals surface area contributed by atoms with E-state index in [1.54, 1.807) is 0 Å². The SMILES string of the molecule is CN1CCN(c2ccc(CO)c3c2C(Cc2ccccc2)(Cc2ccccc2)CCC3)CC1.N. The number of aliphatic hydroxyl groups excluding tert-OH is 1. The van der Waals surface area contributed by atoms with Gasteiger partial charge in [-0.25, -0.2) is 0 Å². The normalized spacial score (nSPS) is 17.6. The van der Waals surface area contributed by atoms with Crippen LogP contribution in [-0.4, -0.2) is 43.2 Å². The van der Waals surface area contributed by atoms with Crippen LogP contribution in [0.5, 0.6) is 0 Å². The van der Waals surface area contributed by atoms with Crippen LogP contribution in [0.25, 0.3) is 0 Å². The van der Waals surface area contributed by atoms with Crippen LogP contribution in [0.15, 0.2) is 72.8 Å². The molecule has 1 fully saturated rings. The largest absolute Gasteiger partial charge is 0.392 e. The maximum absolute atomic E-state index is 10.3. The first-order valence-electron chi connectivity index (χ1n) is 12.5. The van der Waals surface area contributed by atoms with Gasteiger partial charge in [0.2, 0.25) is 0 Å².